The lowest BCUT2D eigenvalue weighted by Crippen LogP contribution is -2.58. The van der Waals surface area contributed by atoms with Crippen LogP contribution in [0, 0.1) is 11.6 Å². The summed E-state index contributed by atoms with van der Waals surface area (Å²) in [5.74, 6) is -3.13. The molecule has 1 aliphatic heterocycles. The molecule has 49 heavy (non-hydrogen) atoms. The number of carboxylic acid groups (broad SMARTS) is 1. The topological polar surface area (TPSA) is 151 Å². The Kier molecular flexibility index (Phi) is 8.02. The molecule has 1 saturated heterocycles. The molecule has 2 aromatic heterocycles. The number of carbonyl (C=O) groups is 1. The molecule has 2 atom stereocenters. The lowest BCUT2D eigenvalue weighted by molar-refractivity contribution is 0.0694. The molecule has 7 rings (SSSR count). The van der Waals surface area contributed by atoms with Gasteiger partial charge in [-0.15, -0.1) is 0 Å². The second-order valence-corrected chi connectivity index (χ2v) is 12.8. The summed E-state index contributed by atoms with van der Waals surface area (Å²) in [6.45, 7) is 4.94. The van der Waals surface area contributed by atoms with Crippen LogP contribution in [0.2, 0.25) is 0 Å². The Morgan fingerprint density at radius 3 is 2.37 bits per heavy atom. The molecule has 2 fully saturated rings. The molecular formula is C36H34F2N4O7. The van der Waals surface area contributed by atoms with Gasteiger partial charge in [0.15, 0.2) is 17.1 Å². The van der Waals surface area contributed by atoms with E-state index in [4.69, 9.17) is 14.9 Å². The number of aromatic hydroxyl groups is 1. The van der Waals surface area contributed by atoms with E-state index in [1.54, 1.807) is 11.0 Å². The van der Waals surface area contributed by atoms with E-state index < -0.39 is 39.7 Å². The maximum Gasteiger partial charge on any atom is 0.341 e. The van der Waals surface area contributed by atoms with Gasteiger partial charge in [-0.3, -0.25) is 14.5 Å². The Balaban J connectivity index is 1.11. The standard InChI is InChI=1S/C36H34F2N4O7/c1-18-15-40(34-30(37)32(39)29-33(31(34)38)42(21-8-9-21)17-23(35(29)45)36(46)47)16-19(2)41(18)10-11-48-22-12-24(43)28-25(44)14-26(49-27(28)13-22)20-6-4-3-5-7-20/h3-7,12-14,17-19,21,43H,8-11,15-16,39H2,1-2H3,(H,46,47). The van der Waals surface area contributed by atoms with Crippen LogP contribution in [-0.2, 0) is 0 Å². The molecule has 2 unspecified atom stereocenters. The monoisotopic (exact) mass is 672 g/mol. The van der Waals surface area contributed by atoms with Gasteiger partial charge >= 0.3 is 5.97 Å². The molecule has 3 aromatic carbocycles. The Morgan fingerprint density at radius 1 is 1.02 bits per heavy atom. The van der Waals surface area contributed by atoms with Gasteiger partial charge in [-0.1, -0.05) is 30.3 Å². The number of piperazine rings is 1. The fraction of sp³-hybridized carbons (Fsp3) is 0.306. The number of halogens is 2. The van der Waals surface area contributed by atoms with Crippen molar-refractivity contribution in [3.05, 3.63) is 92.4 Å². The number of phenols is 1. The van der Waals surface area contributed by atoms with Crippen LogP contribution in [-0.4, -0.2) is 64.0 Å². The third-order valence-electron chi connectivity index (χ3n) is 9.41. The summed E-state index contributed by atoms with van der Waals surface area (Å²) in [6.07, 6.45) is 2.46. The molecule has 0 amide bonds. The third-order valence-corrected chi connectivity index (χ3v) is 9.41. The Hall–Kier alpha value is -5.43. The van der Waals surface area contributed by atoms with Crippen LogP contribution < -0.4 is 26.2 Å². The number of rotatable bonds is 8. The minimum atomic E-state index is -1.49. The largest absolute Gasteiger partial charge is 0.507 e. The number of nitrogens with two attached hydrogens (primary N) is 1. The summed E-state index contributed by atoms with van der Waals surface area (Å²) in [5, 5.41) is 19.8. The number of hydrogen-bond acceptors (Lipinski definition) is 9. The highest BCUT2D eigenvalue weighted by atomic mass is 19.1. The van der Waals surface area contributed by atoms with Gasteiger partial charge < -0.3 is 34.6 Å². The molecule has 1 saturated carbocycles. The predicted octanol–water partition coefficient (Wildman–Crippen LogP) is 5.35. The van der Waals surface area contributed by atoms with Gasteiger partial charge in [0.05, 0.1) is 16.6 Å². The van der Waals surface area contributed by atoms with Gasteiger partial charge in [0, 0.05) is 67.7 Å². The Labute approximate surface area is 278 Å². The van der Waals surface area contributed by atoms with Crippen LogP contribution in [0.1, 0.15) is 43.1 Å². The number of nitrogen functional groups attached to an aromatic ring is 1. The first-order valence-corrected chi connectivity index (χ1v) is 16.0. The number of anilines is 2. The van der Waals surface area contributed by atoms with Crippen LogP contribution in [0.4, 0.5) is 20.2 Å². The van der Waals surface area contributed by atoms with Crippen LogP contribution in [0.3, 0.4) is 0 Å². The van der Waals surface area contributed by atoms with Gasteiger partial charge in [-0.05, 0) is 26.7 Å². The zero-order valence-electron chi connectivity index (χ0n) is 26.8. The van der Waals surface area contributed by atoms with Crippen LogP contribution >= 0.6 is 0 Å². The number of pyridine rings is 1. The number of aromatic nitrogens is 1. The van der Waals surface area contributed by atoms with Gasteiger partial charge in [-0.2, -0.15) is 0 Å². The average Bonchev–Trinajstić information content (AvgIpc) is 3.90. The molecule has 3 heterocycles. The van der Waals surface area contributed by atoms with E-state index in [-0.39, 0.29) is 71.2 Å². The van der Waals surface area contributed by atoms with E-state index in [2.05, 4.69) is 4.90 Å². The maximum absolute atomic E-state index is 16.4. The molecule has 1 aliphatic carbocycles. The van der Waals surface area contributed by atoms with E-state index in [0.29, 0.717) is 36.5 Å². The fourth-order valence-electron chi connectivity index (χ4n) is 6.94. The molecule has 4 N–H and O–H groups in total. The number of nitrogens with zero attached hydrogens (tertiary/aromatic N) is 3. The van der Waals surface area contributed by atoms with Gasteiger partial charge in [0.2, 0.25) is 5.43 Å². The number of hydrogen-bond donors (Lipinski definition) is 3. The van der Waals surface area contributed by atoms with E-state index in [9.17, 15) is 24.6 Å². The van der Waals surface area contributed by atoms with E-state index in [1.165, 1.54) is 16.7 Å². The SMILES string of the molecule is CC1CN(c2c(F)c(N)c3c(=O)c(C(=O)O)cn(C4CC4)c3c2F)CC(C)N1CCOc1cc(O)c2c(=O)cc(-c3ccccc3)oc2c1. The molecule has 11 nitrogen and oxygen atoms in total. The van der Waals surface area contributed by atoms with Crippen molar-refractivity contribution in [3.8, 4) is 22.8 Å². The molecule has 0 radical (unpaired) electrons. The number of benzene rings is 3. The molecule has 5 aromatic rings. The number of aromatic carboxylic acids is 1. The number of fused-ring (bicyclic) bond motifs is 2. The highest BCUT2D eigenvalue weighted by Crippen LogP contribution is 2.42. The zero-order chi connectivity index (χ0) is 34.7. The zero-order valence-corrected chi connectivity index (χ0v) is 26.8. The highest BCUT2D eigenvalue weighted by molar-refractivity contribution is 6.00. The van der Waals surface area contributed by atoms with Crippen molar-refractivity contribution in [2.45, 2.75) is 44.8 Å². The number of carboxylic acids is 1. The van der Waals surface area contributed by atoms with Gasteiger partial charge in [0.1, 0.15) is 46.1 Å². The summed E-state index contributed by atoms with van der Waals surface area (Å²) >= 11 is 0. The minimum Gasteiger partial charge on any atom is -0.507 e. The highest BCUT2D eigenvalue weighted by Gasteiger charge is 2.36. The fourth-order valence-corrected chi connectivity index (χ4v) is 6.94. The van der Waals surface area contributed by atoms with Crippen LogP contribution in [0.5, 0.6) is 11.5 Å². The van der Waals surface area contributed by atoms with E-state index in [1.807, 2.05) is 44.2 Å². The first-order valence-electron chi connectivity index (χ1n) is 16.0. The van der Waals surface area contributed by atoms with Crippen molar-refractivity contribution in [1.82, 2.24) is 9.47 Å². The smallest absolute Gasteiger partial charge is 0.341 e. The Bertz CT molecular complexity index is 2240. The molecule has 0 spiro atoms. The summed E-state index contributed by atoms with van der Waals surface area (Å²) in [5.41, 5.74) is 3.91. The Morgan fingerprint density at radius 2 is 1.71 bits per heavy atom. The minimum absolute atomic E-state index is 0.0515. The van der Waals surface area contributed by atoms with Crippen LogP contribution in [0.25, 0.3) is 33.2 Å². The molecule has 0 bridgehead atoms. The first kappa shape index (κ1) is 32.1. The lowest BCUT2D eigenvalue weighted by Gasteiger charge is -2.45. The summed E-state index contributed by atoms with van der Waals surface area (Å²) in [6, 6.07) is 12.8. The summed E-state index contributed by atoms with van der Waals surface area (Å²) < 4.78 is 45.6. The summed E-state index contributed by atoms with van der Waals surface area (Å²) in [4.78, 5) is 41.3. The van der Waals surface area contributed by atoms with Crippen molar-refractivity contribution < 1.29 is 32.9 Å². The molecule has 254 valence electrons. The van der Waals surface area contributed by atoms with Crippen LogP contribution in [0.15, 0.2) is 68.7 Å². The second-order valence-electron chi connectivity index (χ2n) is 12.8. The van der Waals surface area contributed by atoms with Gasteiger partial charge in [-0.25, -0.2) is 13.6 Å². The quantitative estimate of drug-likeness (QED) is 0.184. The van der Waals surface area contributed by atoms with E-state index >= 15 is 8.78 Å². The van der Waals surface area contributed by atoms with Crippen molar-refractivity contribution >= 4 is 39.2 Å². The van der Waals surface area contributed by atoms with Crippen molar-refractivity contribution in [1.29, 1.82) is 0 Å². The summed E-state index contributed by atoms with van der Waals surface area (Å²) in [7, 11) is 0. The van der Waals surface area contributed by atoms with E-state index in [0.717, 1.165) is 6.20 Å². The number of ether oxygens (including phenoxy) is 1. The first-order chi connectivity index (χ1) is 23.4. The predicted molar refractivity (Wildman–Crippen MR) is 181 cm³/mol. The van der Waals surface area contributed by atoms with Gasteiger partial charge in [0.25, 0.3) is 0 Å². The second kappa shape index (κ2) is 12.2. The number of phenolic OH excluding ortho intramolecular Hbond substituents is 1. The third kappa shape index (κ3) is 5.63. The molecule has 2 aliphatic rings. The lowest BCUT2D eigenvalue weighted by atomic mass is 10.0. The molecular weight excluding hydrogens is 638 g/mol. The normalized spacial score (nSPS) is 18.3. The van der Waals surface area contributed by atoms with Crippen molar-refractivity contribution in [2.24, 2.45) is 0 Å². The maximum atomic E-state index is 16.4. The van der Waals surface area contributed by atoms with Crippen molar-refractivity contribution in [2.75, 3.05) is 36.9 Å². The van der Waals surface area contributed by atoms with Crippen molar-refractivity contribution in [3.63, 3.8) is 0 Å². The molecule has 13 heteroatoms. The average molecular weight is 673 g/mol.